The highest BCUT2D eigenvalue weighted by atomic mass is 16.2. The molecule has 1 aliphatic rings. The van der Waals surface area contributed by atoms with Crippen LogP contribution in [0, 0.1) is 0 Å². The minimum Gasteiger partial charge on any atom is -0.335 e. The summed E-state index contributed by atoms with van der Waals surface area (Å²) >= 11 is 0. The minimum atomic E-state index is -0.427. The van der Waals surface area contributed by atoms with Crippen molar-refractivity contribution in [3.05, 3.63) is 48.3 Å². The smallest absolute Gasteiger partial charge is 0.247 e. The summed E-state index contributed by atoms with van der Waals surface area (Å²) < 4.78 is 1.60. The molecule has 6 heteroatoms. The van der Waals surface area contributed by atoms with Crippen molar-refractivity contribution < 1.29 is 9.59 Å². The molecule has 0 saturated heterocycles. The van der Waals surface area contributed by atoms with E-state index in [1.54, 1.807) is 37.1 Å². The maximum atomic E-state index is 12.8. The number of likely N-dealkylation sites (N-methyl/N-ethyl adjacent to an activating group) is 1. The van der Waals surface area contributed by atoms with E-state index in [0.717, 1.165) is 24.9 Å². The summed E-state index contributed by atoms with van der Waals surface area (Å²) in [6.45, 7) is 2.56. The maximum Gasteiger partial charge on any atom is 0.247 e. The molecule has 2 aromatic rings. The average molecular weight is 340 g/mol. The molecule has 0 aliphatic carbocycles. The van der Waals surface area contributed by atoms with Crippen LogP contribution in [0.5, 0.6) is 0 Å². The quantitative estimate of drug-likeness (QED) is 0.858. The molecule has 0 radical (unpaired) electrons. The Balaban J connectivity index is 1.70. The van der Waals surface area contributed by atoms with E-state index in [2.05, 4.69) is 11.2 Å². The van der Waals surface area contributed by atoms with Crippen molar-refractivity contribution in [3.8, 4) is 0 Å². The van der Waals surface area contributed by atoms with Crippen molar-refractivity contribution in [2.45, 2.75) is 32.2 Å². The van der Waals surface area contributed by atoms with Gasteiger partial charge in [-0.05, 0) is 43.9 Å². The fourth-order valence-electron chi connectivity index (χ4n) is 3.26. The molecule has 2 amide bonds. The lowest BCUT2D eigenvalue weighted by molar-refractivity contribution is -0.136. The second kappa shape index (κ2) is 7.51. The number of rotatable bonds is 4. The molecule has 25 heavy (non-hydrogen) atoms. The number of nitrogens with zero attached hydrogens (tertiary/aromatic N) is 4. The van der Waals surface area contributed by atoms with Crippen LogP contribution in [0.1, 0.15) is 31.4 Å². The number of fused-ring (bicyclic) bond motifs is 1. The Morgan fingerprint density at radius 3 is 2.80 bits per heavy atom. The van der Waals surface area contributed by atoms with Crippen LogP contribution in [-0.4, -0.2) is 46.6 Å². The topological polar surface area (TPSA) is 58.4 Å². The highest BCUT2D eigenvalue weighted by molar-refractivity contribution is 5.97. The number of benzene rings is 1. The summed E-state index contributed by atoms with van der Waals surface area (Å²) in [7, 11) is 1.67. The Kier molecular flexibility index (Phi) is 5.16. The van der Waals surface area contributed by atoms with Gasteiger partial charge in [0.25, 0.3) is 0 Å². The average Bonchev–Trinajstić information content (AvgIpc) is 3.07. The number of carbonyl (C=O) groups excluding carboxylic acids is 2. The molecule has 0 N–H and O–H groups in total. The van der Waals surface area contributed by atoms with E-state index < -0.39 is 6.04 Å². The normalized spacial score (nSPS) is 15.2. The Morgan fingerprint density at radius 2 is 2.04 bits per heavy atom. The minimum absolute atomic E-state index is 0.0436. The Labute approximate surface area is 148 Å². The summed E-state index contributed by atoms with van der Waals surface area (Å²) in [6, 6.07) is 9.39. The molecule has 132 valence electrons. The lowest BCUT2D eigenvalue weighted by Gasteiger charge is -2.27. The number of hydrogen-bond donors (Lipinski definition) is 0. The van der Waals surface area contributed by atoms with Crippen molar-refractivity contribution in [1.29, 1.82) is 0 Å². The zero-order valence-corrected chi connectivity index (χ0v) is 14.8. The van der Waals surface area contributed by atoms with Crippen LogP contribution < -0.4 is 4.90 Å². The Hall–Kier alpha value is -2.63. The van der Waals surface area contributed by atoms with Crippen LogP contribution in [0.2, 0.25) is 0 Å². The summed E-state index contributed by atoms with van der Waals surface area (Å²) in [5.74, 6) is -0.168. The van der Waals surface area contributed by atoms with Gasteiger partial charge in [-0.15, -0.1) is 0 Å². The SMILES string of the molecule is C[C@@H](C(=O)N(C)CC(=O)N1CCCCc2ccccc21)n1cccn1. The molecule has 1 atom stereocenters. The Bertz CT molecular complexity index is 742. The first-order valence-corrected chi connectivity index (χ1v) is 8.70. The molecule has 3 rings (SSSR count). The Morgan fingerprint density at radius 1 is 1.24 bits per heavy atom. The number of hydrogen-bond acceptors (Lipinski definition) is 3. The molecule has 0 unspecified atom stereocenters. The summed E-state index contributed by atoms with van der Waals surface area (Å²) in [6.07, 6.45) is 6.44. The first-order chi connectivity index (χ1) is 12.1. The first kappa shape index (κ1) is 17.2. The van der Waals surface area contributed by atoms with Crippen LogP contribution >= 0.6 is 0 Å². The van der Waals surface area contributed by atoms with Crippen molar-refractivity contribution in [2.24, 2.45) is 0 Å². The van der Waals surface area contributed by atoms with E-state index in [9.17, 15) is 9.59 Å². The highest BCUT2D eigenvalue weighted by Crippen LogP contribution is 2.26. The number of aryl methyl sites for hydroxylation is 1. The van der Waals surface area contributed by atoms with E-state index in [4.69, 9.17) is 0 Å². The van der Waals surface area contributed by atoms with Crippen LogP contribution in [0.15, 0.2) is 42.7 Å². The molecular formula is C19H24N4O2. The third kappa shape index (κ3) is 3.73. The van der Waals surface area contributed by atoms with E-state index in [0.29, 0.717) is 6.54 Å². The van der Waals surface area contributed by atoms with Crippen LogP contribution in [-0.2, 0) is 16.0 Å². The van der Waals surface area contributed by atoms with E-state index in [-0.39, 0.29) is 18.4 Å². The van der Waals surface area contributed by atoms with Gasteiger partial charge in [-0.1, -0.05) is 18.2 Å². The molecule has 0 spiro atoms. The number of amides is 2. The fraction of sp³-hybridized carbons (Fsp3) is 0.421. The number of anilines is 1. The summed E-state index contributed by atoms with van der Waals surface area (Å²) in [5.41, 5.74) is 2.18. The molecule has 6 nitrogen and oxygen atoms in total. The third-order valence-corrected chi connectivity index (χ3v) is 4.69. The van der Waals surface area contributed by atoms with E-state index in [1.165, 1.54) is 10.5 Å². The monoisotopic (exact) mass is 340 g/mol. The zero-order chi connectivity index (χ0) is 17.8. The second-order valence-corrected chi connectivity index (χ2v) is 6.49. The predicted molar refractivity (Wildman–Crippen MR) is 96.3 cm³/mol. The molecule has 2 heterocycles. The standard InChI is InChI=1S/C19H24N4O2/c1-15(23-13-7-11-20-23)19(25)21(2)14-18(24)22-12-6-5-9-16-8-3-4-10-17(16)22/h3-4,7-8,10-11,13,15H,5-6,9,12,14H2,1-2H3/t15-/m0/s1. The highest BCUT2D eigenvalue weighted by Gasteiger charge is 2.25. The van der Waals surface area contributed by atoms with Gasteiger partial charge < -0.3 is 9.80 Å². The first-order valence-electron chi connectivity index (χ1n) is 8.70. The molecule has 0 saturated carbocycles. The van der Waals surface area contributed by atoms with Gasteiger partial charge in [-0.2, -0.15) is 5.10 Å². The fourth-order valence-corrected chi connectivity index (χ4v) is 3.26. The van der Waals surface area contributed by atoms with Gasteiger partial charge in [-0.3, -0.25) is 14.3 Å². The van der Waals surface area contributed by atoms with Crippen molar-refractivity contribution in [1.82, 2.24) is 14.7 Å². The molecule has 1 aliphatic heterocycles. The largest absolute Gasteiger partial charge is 0.335 e. The lowest BCUT2D eigenvalue weighted by atomic mass is 10.1. The summed E-state index contributed by atoms with van der Waals surface area (Å²) in [4.78, 5) is 28.7. The number of para-hydroxylation sites is 1. The number of aromatic nitrogens is 2. The van der Waals surface area contributed by atoms with Gasteiger partial charge in [0.2, 0.25) is 11.8 Å². The van der Waals surface area contributed by atoms with Crippen LogP contribution in [0.25, 0.3) is 0 Å². The molecule has 1 aromatic carbocycles. The van der Waals surface area contributed by atoms with Crippen LogP contribution in [0.3, 0.4) is 0 Å². The van der Waals surface area contributed by atoms with Gasteiger partial charge in [0.1, 0.15) is 6.04 Å². The summed E-state index contributed by atoms with van der Waals surface area (Å²) in [5, 5.41) is 4.10. The third-order valence-electron chi connectivity index (χ3n) is 4.69. The second-order valence-electron chi connectivity index (χ2n) is 6.49. The van der Waals surface area contributed by atoms with Gasteiger partial charge in [-0.25, -0.2) is 0 Å². The van der Waals surface area contributed by atoms with Gasteiger partial charge in [0.15, 0.2) is 0 Å². The van der Waals surface area contributed by atoms with Crippen molar-refractivity contribution >= 4 is 17.5 Å². The maximum absolute atomic E-state index is 12.8. The van der Waals surface area contributed by atoms with E-state index >= 15 is 0 Å². The van der Waals surface area contributed by atoms with Crippen LogP contribution in [0.4, 0.5) is 5.69 Å². The molecule has 1 aromatic heterocycles. The van der Waals surface area contributed by atoms with Gasteiger partial charge in [0, 0.05) is 31.7 Å². The lowest BCUT2D eigenvalue weighted by Crippen LogP contribution is -2.43. The van der Waals surface area contributed by atoms with Gasteiger partial charge >= 0.3 is 0 Å². The zero-order valence-electron chi connectivity index (χ0n) is 14.8. The molecular weight excluding hydrogens is 316 g/mol. The predicted octanol–water partition coefficient (Wildman–Crippen LogP) is 2.27. The van der Waals surface area contributed by atoms with Crippen molar-refractivity contribution in [3.63, 3.8) is 0 Å². The molecule has 0 bridgehead atoms. The van der Waals surface area contributed by atoms with E-state index in [1.807, 2.05) is 23.1 Å². The van der Waals surface area contributed by atoms with Crippen molar-refractivity contribution in [2.75, 3.05) is 25.0 Å². The number of carbonyl (C=O) groups is 2. The molecule has 0 fully saturated rings. The van der Waals surface area contributed by atoms with Gasteiger partial charge in [0.05, 0.1) is 6.54 Å².